The van der Waals surface area contributed by atoms with Crippen molar-refractivity contribution in [3.05, 3.63) is 59.0 Å². The van der Waals surface area contributed by atoms with Crippen LogP contribution in [0.3, 0.4) is 0 Å². The molecule has 0 unspecified atom stereocenters. The van der Waals surface area contributed by atoms with Gasteiger partial charge in [0.25, 0.3) is 5.91 Å². The molecule has 8 heteroatoms. The Morgan fingerprint density at radius 2 is 1.87 bits per heavy atom. The van der Waals surface area contributed by atoms with E-state index in [1.165, 1.54) is 22.6 Å². The van der Waals surface area contributed by atoms with Crippen molar-refractivity contribution >= 4 is 44.6 Å². The fraction of sp³-hybridized carbons (Fsp3) is 0.304. The Morgan fingerprint density at radius 3 is 2.61 bits per heavy atom. The van der Waals surface area contributed by atoms with Crippen LogP contribution >= 0.6 is 11.3 Å². The zero-order valence-electron chi connectivity index (χ0n) is 17.4. The summed E-state index contributed by atoms with van der Waals surface area (Å²) >= 11 is 1.27. The van der Waals surface area contributed by atoms with Gasteiger partial charge in [-0.2, -0.15) is 0 Å². The predicted molar refractivity (Wildman–Crippen MR) is 124 cm³/mol. The molecule has 0 saturated carbocycles. The third kappa shape index (κ3) is 5.04. The smallest absolute Gasteiger partial charge is 0.284 e. The van der Waals surface area contributed by atoms with Gasteiger partial charge in [0, 0.05) is 42.3 Å². The number of hydroxylamine groups is 1. The molecule has 2 heterocycles. The Balaban J connectivity index is 1.31. The summed E-state index contributed by atoms with van der Waals surface area (Å²) in [6.45, 7) is 6.00. The zero-order chi connectivity index (χ0) is 21.8. The van der Waals surface area contributed by atoms with Crippen molar-refractivity contribution in [1.82, 2.24) is 10.4 Å². The molecule has 0 spiro atoms. The molecule has 2 amide bonds. The van der Waals surface area contributed by atoms with E-state index in [0.717, 1.165) is 42.7 Å². The molecule has 7 nitrogen and oxygen atoms in total. The average Bonchev–Trinajstić information content (AvgIpc) is 3.22. The number of hydrogen-bond donors (Lipinski definition) is 3. The van der Waals surface area contributed by atoms with Gasteiger partial charge in [0.15, 0.2) is 0 Å². The lowest BCUT2D eigenvalue weighted by Crippen LogP contribution is -2.48. The highest BCUT2D eigenvalue weighted by Crippen LogP contribution is 2.28. The summed E-state index contributed by atoms with van der Waals surface area (Å²) in [4.78, 5) is 29.1. The van der Waals surface area contributed by atoms with E-state index in [0.29, 0.717) is 17.1 Å². The van der Waals surface area contributed by atoms with Crippen molar-refractivity contribution in [2.45, 2.75) is 13.3 Å². The van der Waals surface area contributed by atoms with Crippen molar-refractivity contribution in [2.24, 2.45) is 0 Å². The van der Waals surface area contributed by atoms with Gasteiger partial charge in [-0.3, -0.25) is 19.7 Å². The Labute approximate surface area is 185 Å². The summed E-state index contributed by atoms with van der Waals surface area (Å²) in [5.74, 6) is -0.585. The second-order valence-electron chi connectivity index (χ2n) is 7.64. The van der Waals surface area contributed by atoms with Crippen molar-refractivity contribution in [2.75, 3.05) is 42.9 Å². The molecule has 1 aromatic heterocycles. The maximum atomic E-state index is 12.6. The molecule has 31 heavy (non-hydrogen) atoms. The van der Waals surface area contributed by atoms with Gasteiger partial charge in [0.1, 0.15) is 0 Å². The first-order chi connectivity index (χ1) is 15.1. The first-order valence-corrected chi connectivity index (χ1v) is 11.2. The van der Waals surface area contributed by atoms with Crippen molar-refractivity contribution in [3.8, 4) is 0 Å². The summed E-state index contributed by atoms with van der Waals surface area (Å²) < 4.78 is 0.874. The third-order valence-corrected chi connectivity index (χ3v) is 6.65. The molecule has 1 fully saturated rings. The van der Waals surface area contributed by atoms with Crippen LogP contribution in [0, 0.1) is 0 Å². The van der Waals surface area contributed by atoms with Crippen LogP contribution in [-0.2, 0) is 11.2 Å². The van der Waals surface area contributed by atoms with E-state index in [1.807, 2.05) is 18.2 Å². The molecule has 1 aliphatic rings. The van der Waals surface area contributed by atoms with Gasteiger partial charge in [-0.05, 0) is 47.7 Å². The van der Waals surface area contributed by atoms with Crippen molar-refractivity contribution in [3.63, 3.8) is 0 Å². The highest BCUT2D eigenvalue weighted by molar-refractivity contribution is 7.20. The molecule has 1 aliphatic heterocycles. The predicted octanol–water partition coefficient (Wildman–Crippen LogP) is 3.34. The van der Waals surface area contributed by atoms with Crippen LogP contribution in [-0.4, -0.2) is 54.6 Å². The number of anilines is 2. The van der Waals surface area contributed by atoms with E-state index < -0.39 is 5.91 Å². The van der Waals surface area contributed by atoms with E-state index in [-0.39, 0.29) is 5.91 Å². The fourth-order valence-electron chi connectivity index (χ4n) is 3.82. The number of amides is 2. The van der Waals surface area contributed by atoms with Crippen LogP contribution in [0.5, 0.6) is 0 Å². The summed E-state index contributed by atoms with van der Waals surface area (Å²) in [7, 11) is 0. The molecular weight excluding hydrogens is 412 g/mol. The summed E-state index contributed by atoms with van der Waals surface area (Å²) in [5.41, 5.74) is 4.94. The minimum atomic E-state index is -0.535. The lowest BCUT2D eigenvalue weighted by atomic mass is 10.1. The fourth-order valence-corrected chi connectivity index (χ4v) is 4.81. The van der Waals surface area contributed by atoms with Crippen molar-refractivity contribution < 1.29 is 14.8 Å². The number of rotatable bonds is 6. The monoisotopic (exact) mass is 438 g/mol. The van der Waals surface area contributed by atoms with Gasteiger partial charge in [0.05, 0.1) is 11.4 Å². The number of carbonyl (C=O) groups excluding carboxylic acids is 2. The van der Waals surface area contributed by atoms with Crippen LogP contribution in [0.15, 0.2) is 48.5 Å². The van der Waals surface area contributed by atoms with Crippen LogP contribution < -0.4 is 15.7 Å². The van der Waals surface area contributed by atoms with Gasteiger partial charge >= 0.3 is 0 Å². The molecule has 0 bridgehead atoms. The summed E-state index contributed by atoms with van der Waals surface area (Å²) in [5, 5.41) is 12.6. The third-order valence-electron chi connectivity index (χ3n) is 5.55. The second-order valence-corrected chi connectivity index (χ2v) is 8.72. The van der Waals surface area contributed by atoms with Crippen LogP contribution in [0.2, 0.25) is 0 Å². The Morgan fingerprint density at radius 1 is 1.06 bits per heavy atom. The molecule has 0 radical (unpaired) electrons. The quantitative estimate of drug-likeness (QED) is 0.406. The van der Waals surface area contributed by atoms with E-state index in [1.54, 1.807) is 11.5 Å². The first-order valence-electron chi connectivity index (χ1n) is 10.4. The van der Waals surface area contributed by atoms with E-state index >= 15 is 0 Å². The topological polar surface area (TPSA) is 84.9 Å². The molecule has 0 aliphatic carbocycles. The number of nitrogens with one attached hydrogen (secondary N) is 2. The highest BCUT2D eigenvalue weighted by atomic mass is 32.1. The Bertz CT molecular complexity index is 1090. The number of fused-ring (bicyclic) bond motifs is 1. The largest absolute Gasteiger partial charge is 0.369 e. The molecule has 1 saturated heterocycles. The molecule has 3 N–H and O–H groups in total. The average molecular weight is 439 g/mol. The SMILES string of the molecule is CCc1cccc(N2CCN(CC(=O)Nc3ccc4cc(C(=O)NO)sc4c3)CC2)c1. The first kappa shape index (κ1) is 21.3. The molecule has 2 aromatic carbocycles. The van der Waals surface area contributed by atoms with Crippen molar-refractivity contribution in [1.29, 1.82) is 0 Å². The number of piperazine rings is 1. The number of nitrogens with zero attached hydrogens (tertiary/aromatic N) is 2. The maximum Gasteiger partial charge on any atom is 0.284 e. The number of aryl methyl sites for hydroxylation is 1. The highest BCUT2D eigenvalue weighted by Gasteiger charge is 2.19. The Hall–Kier alpha value is -2.94. The normalized spacial score (nSPS) is 14.6. The van der Waals surface area contributed by atoms with Gasteiger partial charge in [0.2, 0.25) is 5.91 Å². The van der Waals surface area contributed by atoms with Crippen LogP contribution in [0.4, 0.5) is 11.4 Å². The summed E-state index contributed by atoms with van der Waals surface area (Å²) in [6, 6.07) is 15.9. The minimum absolute atomic E-state index is 0.0503. The maximum absolute atomic E-state index is 12.6. The molecule has 4 rings (SSSR count). The molecule has 0 atom stereocenters. The van der Waals surface area contributed by atoms with Crippen LogP contribution in [0.1, 0.15) is 22.2 Å². The van der Waals surface area contributed by atoms with Gasteiger partial charge in [-0.15, -0.1) is 11.3 Å². The van der Waals surface area contributed by atoms with E-state index in [2.05, 4.69) is 46.3 Å². The number of carbonyl (C=O) groups is 2. The minimum Gasteiger partial charge on any atom is -0.369 e. The van der Waals surface area contributed by atoms with Gasteiger partial charge in [-0.25, -0.2) is 5.48 Å². The molecule has 162 valence electrons. The molecule has 3 aromatic rings. The number of hydrogen-bond acceptors (Lipinski definition) is 6. The Kier molecular flexibility index (Phi) is 6.50. The zero-order valence-corrected chi connectivity index (χ0v) is 18.2. The van der Waals surface area contributed by atoms with E-state index in [9.17, 15) is 9.59 Å². The van der Waals surface area contributed by atoms with Crippen LogP contribution in [0.25, 0.3) is 10.1 Å². The van der Waals surface area contributed by atoms with Gasteiger partial charge < -0.3 is 10.2 Å². The van der Waals surface area contributed by atoms with E-state index in [4.69, 9.17) is 5.21 Å². The lowest BCUT2D eigenvalue weighted by Gasteiger charge is -2.35. The standard InChI is InChI=1S/C23H26N4O3S/c1-2-16-4-3-5-19(12-16)27-10-8-26(9-11-27)15-22(28)24-18-7-6-17-13-21(23(29)25-30)31-20(17)14-18/h3-7,12-14,30H,2,8-11,15H2,1H3,(H,24,28)(H,25,29). The number of benzene rings is 2. The molecular formula is C23H26N4O3S. The second kappa shape index (κ2) is 9.47. The summed E-state index contributed by atoms with van der Waals surface area (Å²) in [6.07, 6.45) is 1.03. The number of thiophene rings is 1. The lowest BCUT2D eigenvalue weighted by molar-refractivity contribution is -0.117. The van der Waals surface area contributed by atoms with Gasteiger partial charge in [-0.1, -0.05) is 25.1 Å².